The van der Waals surface area contributed by atoms with E-state index < -0.39 is 10.0 Å². The Balaban J connectivity index is 2.93. The zero-order chi connectivity index (χ0) is 16.0. The Kier molecular flexibility index (Phi) is 7.29. The van der Waals surface area contributed by atoms with Crippen LogP contribution in [0, 0.1) is 6.92 Å². The van der Waals surface area contributed by atoms with E-state index in [0.717, 1.165) is 10.4 Å². The van der Waals surface area contributed by atoms with Crippen molar-refractivity contribution in [1.82, 2.24) is 9.62 Å². The summed E-state index contributed by atoms with van der Waals surface area (Å²) in [7, 11) is -0.192. The van der Waals surface area contributed by atoms with Crippen molar-refractivity contribution in [3.05, 3.63) is 15.8 Å². The van der Waals surface area contributed by atoms with Gasteiger partial charge in [0.05, 0.1) is 0 Å². The number of sulfonamides is 1. The van der Waals surface area contributed by atoms with Gasteiger partial charge in [-0.05, 0) is 24.3 Å². The third kappa shape index (κ3) is 5.03. The maximum Gasteiger partial charge on any atom is 0.244 e. The van der Waals surface area contributed by atoms with Crippen LogP contribution >= 0.6 is 11.3 Å². The predicted octanol–water partition coefficient (Wildman–Crippen LogP) is 2.21. The molecule has 0 unspecified atom stereocenters. The SMILES string of the molecule is COCCCN(C)S(=O)(=O)c1c(C)csc1CNC(C)C. The van der Waals surface area contributed by atoms with E-state index in [1.165, 1.54) is 15.6 Å². The fourth-order valence-electron chi connectivity index (χ4n) is 1.96. The topological polar surface area (TPSA) is 58.6 Å². The predicted molar refractivity (Wildman–Crippen MR) is 87.3 cm³/mol. The fraction of sp³-hybridized carbons (Fsp3) is 0.714. The van der Waals surface area contributed by atoms with E-state index in [4.69, 9.17) is 4.74 Å². The van der Waals surface area contributed by atoms with Crippen molar-refractivity contribution in [3.63, 3.8) is 0 Å². The molecule has 1 N–H and O–H groups in total. The molecule has 122 valence electrons. The molecule has 0 aliphatic rings. The van der Waals surface area contributed by atoms with Gasteiger partial charge in [-0.3, -0.25) is 0 Å². The summed E-state index contributed by atoms with van der Waals surface area (Å²) >= 11 is 1.50. The summed E-state index contributed by atoms with van der Waals surface area (Å²) in [6, 6.07) is 0.322. The van der Waals surface area contributed by atoms with E-state index in [1.54, 1.807) is 14.2 Å². The van der Waals surface area contributed by atoms with Crippen LogP contribution in [0.15, 0.2) is 10.3 Å². The van der Waals surface area contributed by atoms with Gasteiger partial charge in [-0.1, -0.05) is 13.8 Å². The van der Waals surface area contributed by atoms with Gasteiger partial charge in [-0.2, -0.15) is 0 Å². The molecule has 0 atom stereocenters. The van der Waals surface area contributed by atoms with Crippen LogP contribution in [0.4, 0.5) is 0 Å². The van der Waals surface area contributed by atoms with E-state index in [-0.39, 0.29) is 0 Å². The van der Waals surface area contributed by atoms with Gasteiger partial charge >= 0.3 is 0 Å². The van der Waals surface area contributed by atoms with Crippen molar-refractivity contribution in [3.8, 4) is 0 Å². The molecule has 5 nitrogen and oxygen atoms in total. The molecule has 1 heterocycles. The first-order valence-corrected chi connectivity index (χ1v) is 9.38. The van der Waals surface area contributed by atoms with Gasteiger partial charge in [0.15, 0.2) is 0 Å². The number of methoxy groups -OCH3 is 1. The Bertz CT molecular complexity index is 538. The van der Waals surface area contributed by atoms with Crippen molar-refractivity contribution in [2.24, 2.45) is 0 Å². The lowest BCUT2D eigenvalue weighted by molar-refractivity contribution is 0.189. The smallest absolute Gasteiger partial charge is 0.244 e. The number of nitrogens with one attached hydrogen (secondary N) is 1. The number of rotatable bonds is 9. The number of hydrogen-bond acceptors (Lipinski definition) is 5. The summed E-state index contributed by atoms with van der Waals surface area (Å²) in [4.78, 5) is 1.33. The second-order valence-corrected chi connectivity index (χ2v) is 8.33. The van der Waals surface area contributed by atoms with Gasteiger partial charge in [0, 0.05) is 44.8 Å². The van der Waals surface area contributed by atoms with Crippen molar-refractivity contribution < 1.29 is 13.2 Å². The summed E-state index contributed by atoms with van der Waals surface area (Å²) in [5.41, 5.74) is 0.819. The Hall–Kier alpha value is -0.470. The maximum atomic E-state index is 12.7. The van der Waals surface area contributed by atoms with Crippen LogP contribution in [0.25, 0.3) is 0 Å². The highest BCUT2D eigenvalue weighted by atomic mass is 32.2. The average Bonchev–Trinajstić information content (AvgIpc) is 2.78. The quantitative estimate of drug-likeness (QED) is 0.704. The van der Waals surface area contributed by atoms with E-state index >= 15 is 0 Å². The molecule has 0 aliphatic carbocycles. The molecule has 1 aromatic rings. The molecule has 7 heteroatoms. The van der Waals surface area contributed by atoms with Crippen molar-refractivity contribution in [1.29, 1.82) is 0 Å². The number of aryl methyl sites for hydroxylation is 1. The molecular formula is C14H26N2O3S2. The van der Waals surface area contributed by atoms with Crippen LogP contribution in [0.5, 0.6) is 0 Å². The van der Waals surface area contributed by atoms with E-state index in [1.807, 2.05) is 26.2 Å². The lowest BCUT2D eigenvalue weighted by Crippen LogP contribution is -2.30. The largest absolute Gasteiger partial charge is 0.385 e. The lowest BCUT2D eigenvalue weighted by Gasteiger charge is -2.18. The first kappa shape index (κ1) is 18.6. The minimum absolute atomic E-state index is 0.322. The minimum Gasteiger partial charge on any atom is -0.385 e. The van der Waals surface area contributed by atoms with E-state index in [0.29, 0.717) is 37.1 Å². The normalized spacial score (nSPS) is 12.5. The van der Waals surface area contributed by atoms with Crippen LogP contribution in [0.3, 0.4) is 0 Å². The Morgan fingerprint density at radius 1 is 1.43 bits per heavy atom. The molecule has 0 aliphatic heterocycles. The Morgan fingerprint density at radius 2 is 2.10 bits per heavy atom. The van der Waals surface area contributed by atoms with Gasteiger partial charge in [-0.25, -0.2) is 12.7 Å². The monoisotopic (exact) mass is 334 g/mol. The van der Waals surface area contributed by atoms with Crippen LogP contribution in [0.2, 0.25) is 0 Å². The summed E-state index contributed by atoms with van der Waals surface area (Å²) in [5.74, 6) is 0. The standard InChI is InChI=1S/C14H26N2O3S2/c1-11(2)15-9-13-14(12(3)10-20-13)21(17,18)16(4)7-6-8-19-5/h10-11,15H,6-9H2,1-5H3. The third-order valence-electron chi connectivity index (χ3n) is 3.15. The van der Waals surface area contributed by atoms with Crippen LogP contribution in [-0.4, -0.2) is 46.1 Å². The molecule has 0 saturated carbocycles. The second kappa shape index (κ2) is 8.24. The first-order chi connectivity index (χ1) is 9.80. The molecule has 0 fully saturated rings. The van der Waals surface area contributed by atoms with Crippen molar-refractivity contribution >= 4 is 21.4 Å². The molecule has 0 spiro atoms. The molecule has 0 radical (unpaired) electrons. The van der Waals surface area contributed by atoms with Gasteiger partial charge in [0.25, 0.3) is 0 Å². The van der Waals surface area contributed by atoms with Crippen molar-refractivity contribution in [2.45, 2.75) is 44.7 Å². The van der Waals surface area contributed by atoms with E-state index in [9.17, 15) is 8.42 Å². The molecule has 1 rings (SSSR count). The number of hydrogen-bond donors (Lipinski definition) is 1. The van der Waals surface area contributed by atoms with Gasteiger partial charge in [0.2, 0.25) is 10.0 Å². The van der Waals surface area contributed by atoms with Gasteiger partial charge in [-0.15, -0.1) is 11.3 Å². The Morgan fingerprint density at radius 3 is 2.67 bits per heavy atom. The summed E-state index contributed by atoms with van der Waals surface area (Å²) in [5, 5.41) is 5.20. The minimum atomic E-state index is -3.44. The van der Waals surface area contributed by atoms with Crippen LogP contribution in [0.1, 0.15) is 30.7 Å². The highest BCUT2D eigenvalue weighted by molar-refractivity contribution is 7.89. The summed E-state index contributed by atoms with van der Waals surface area (Å²) in [6.07, 6.45) is 0.689. The second-order valence-electron chi connectivity index (χ2n) is 5.38. The molecule has 0 aromatic carbocycles. The zero-order valence-electron chi connectivity index (χ0n) is 13.5. The highest BCUT2D eigenvalue weighted by Gasteiger charge is 2.27. The molecule has 0 amide bonds. The molecule has 1 aromatic heterocycles. The lowest BCUT2D eigenvalue weighted by atomic mass is 10.3. The van der Waals surface area contributed by atoms with Crippen molar-refractivity contribution in [2.75, 3.05) is 27.3 Å². The number of ether oxygens (including phenoxy) is 1. The zero-order valence-corrected chi connectivity index (χ0v) is 15.1. The summed E-state index contributed by atoms with van der Waals surface area (Å²) < 4.78 is 31.9. The number of nitrogens with zero attached hydrogens (tertiary/aromatic N) is 1. The van der Waals surface area contributed by atoms with E-state index in [2.05, 4.69) is 5.32 Å². The van der Waals surface area contributed by atoms with Gasteiger partial charge < -0.3 is 10.1 Å². The third-order valence-corrected chi connectivity index (χ3v) is 6.47. The average molecular weight is 335 g/mol. The highest BCUT2D eigenvalue weighted by Crippen LogP contribution is 2.29. The number of thiophene rings is 1. The Labute approximate surface area is 132 Å². The molecular weight excluding hydrogens is 308 g/mol. The maximum absolute atomic E-state index is 12.7. The van der Waals surface area contributed by atoms with Crippen LogP contribution < -0.4 is 5.32 Å². The first-order valence-electron chi connectivity index (χ1n) is 7.06. The molecule has 0 bridgehead atoms. The summed E-state index contributed by atoms with van der Waals surface area (Å²) in [6.45, 7) is 7.55. The van der Waals surface area contributed by atoms with Crippen LogP contribution in [-0.2, 0) is 21.3 Å². The fourth-order valence-corrected chi connectivity index (χ4v) is 4.87. The molecule has 0 saturated heterocycles. The van der Waals surface area contributed by atoms with Gasteiger partial charge in [0.1, 0.15) is 4.90 Å². The molecule has 21 heavy (non-hydrogen) atoms.